The summed E-state index contributed by atoms with van der Waals surface area (Å²) in [6.45, 7) is 4.17. The Morgan fingerprint density at radius 1 is 1.05 bits per heavy atom. The number of benzene rings is 2. The van der Waals surface area contributed by atoms with Crippen LogP contribution in [0.25, 0.3) is 0 Å². The fourth-order valence-electron chi connectivity index (χ4n) is 2.51. The normalized spacial score (nSPS) is 13.1. The predicted octanol–water partition coefficient (Wildman–Crippen LogP) is 3.02. The minimum atomic E-state index is -3.20. The van der Waals surface area contributed by atoms with E-state index in [2.05, 4.69) is 31.3 Å². The van der Waals surface area contributed by atoms with Gasteiger partial charge in [-0.15, -0.1) is 0 Å². The van der Waals surface area contributed by atoms with E-state index in [1.165, 1.54) is 22.9 Å². The molecule has 0 amide bonds. The van der Waals surface area contributed by atoms with Crippen molar-refractivity contribution in [3.05, 3.63) is 64.7 Å². The van der Waals surface area contributed by atoms with Crippen molar-refractivity contribution < 1.29 is 8.42 Å². The van der Waals surface area contributed by atoms with Crippen molar-refractivity contribution in [2.45, 2.75) is 24.8 Å². The van der Waals surface area contributed by atoms with Crippen molar-refractivity contribution in [3.8, 4) is 0 Å². The van der Waals surface area contributed by atoms with Crippen LogP contribution in [0.1, 0.15) is 28.3 Å². The molecule has 3 nitrogen and oxygen atoms in total. The number of nitrogens with one attached hydrogen (secondary N) is 1. The molecular formula is C17H21NO2S. The summed E-state index contributed by atoms with van der Waals surface area (Å²) in [7, 11) is -1.31. The summed E-state index contributed by atoms with van der Waals surface area (Å²) in [4.78, 5) is 0.352. The Balaban J connectivity index is 2.55. The molecule has 1 unspecified atom stereocenters. The van der Waals surface area contributed by atoms with Crippen LogP contribution in [0, 0.1) is 13.8 Å². The SMILES string of the molecule is CNC(c1cccc(S(C)(=O)=O)c1)c1cccc(C)c1C. The molecule has 0 bridgehead atoms. The molecule has 0 spiro atoms. The molecule has 1 atom stereocenters. The highest BCUT2D eigenvalue weighted by molar-refractivity contribution is 7.90. The Bertz CT molecular complexity index is 751. The minimum Gasteiger partial charge on any atom is -0.309 e. The molecule has 2 rings (SSSR count). The first-order valence-corrected chi connectivity index (χ1v) is 8.77. The summed E-state index contributed by atoms with van der Waals surface area (Å²) in [5.41, 5.74) is 4.57. The van der Waals surface area contributed by atoms with E-state index in [9.17, 15) is 8.42 Å². The van der Waals surface area contributed by atoms with E-state index in [4.69, 9.17) is 0 Å². The fourth-order valence-corrected chi connectivity index (χ4v) is 3.19. The molecule has 0 aliphatic carbocycles. The summed E-state index contributed by atoms with van der Waals surface area (Å²) < 4.78 is 23.5. The Morgan fingerprint density at radius 3 is 2.33 bits per heavy atom. The van der Waals surface area contributed by atoms with Crippen molar-refractivity contribution in [1.82, 2.24) is 5.32 Å². The first-order chi connectivity index (χ1) is 9.84. The lowest BCUT2D eigenvalue weighted by molar-refractivity contribution is 0.601. The number of hydrogen-bond acceptors (Lipinski definition) is 3. The summed E-state index contributed by atoms with van der Waals surface area (Å²) in [5.74, 6) is 0. The van der Waals surface area contributed by atoms with Crippen LogP contribution in [-0.2, 0) is 9.84 Å². The number of sulfone groups is 1. The van der Waals surface area contributed by atoms with Crippen LogP contribution in [0.2, 0.25) is 0 Å². The maximum Gasteiger partial charge on any atom is 0.175 e. The second kappa shape index (κ2) is 6.00. The maximum atomic E-state index is 11.7. The molecule has 0 aliphatic rings. The smallest absolute Gasteiger partial charge is 0.175 e. The van der Waals surface area contributed by atoms with Crippen LogP contribution >= 0.6 is 0 Å². The van der Waals surface area contributed by atoms with E-state index in [-0.39, 0.29) is 6.04 Å². The van der Waals surface area contributed by atoms with Gasteiger partial charge < -0.3 is 5.32 Å². The van der Waals surface area contributed by atoms with Crippen LogP contribution in [0.15, 0.2) is 47.4 Å². The quantitative estimate of drug-likeness (QED) is 0.944. The second-order valence-corrected chi connectivity index (χ2v) is 7.37. The van der Waals surface area contributed by atoms with Crippen LogP contribution in [0.3, 0.4) is 0 Å². The van der Waals surface area contributed by atoms with Crippen molar-refractivity contribution in [2.75, 3.05) is 13.3 Å². The molecule has 2 aromatic rings. The van der Waals surface area contributed by atoms with Gasteiger partial charge in [-0.2, -0.15) is 0 Å². The Morgan fingerprint density at radius 2 is 1.71 bits per heavy atom. The van der Waals surface area contributed by atoms with Gasteiger partial charge in [0.25, 0.3) is 0 Å². The summed E-state index contributed by atoms with van der Waals surface area (Å²) in [5, 5.41) is 3.29. The number of rotatable bonds is 4. The molecule has 0 saturated carbocycles. The number of hydrogen-bond donors (Lipinski definition) is 1. The molecule has 1 N–H and O–H groups in total. The summed E-state index contributed by atoms with van der Waals surface area (Å²) >= 11 is 0. The zero-order valence-electron chi connectivity index (χ0n) is 12.8. The summed E-state index contributed by atoms with van der Waals surface area (Å²) in [6.07, 6.45) is 1.23. The van der Waals surface area contributed by atoms with Crippen molar-refractivity contribution in [1.29, 1.82) is 0 Å². The van der Waals surface area contributed by atoms with E-state index in [1.807, 2.05) is 19.2 Å². The molecule has 0 aromatic heterocycles. The average molecular weight is 303 g/mol. The second-order valence-electron chi connectivity index (χ2n) is 5.36. The molecule has 0 aliphatic heterocycles. The Kier molecular flexibility index (Phi) is 4.49. The lowest BCUT2D eigenvalue weighted by atomic mass is 9.93. The van der Waals surface area contributed by atoms with Gasteiger partial charge in [0.15, 0.2) is 9.84 Å². The Labute approximate surface area is 126 Å². The fraction of sp³-hybridized carbons (Fsp3) is 0.294. The third kappa shape index (κ3) is 3.34. The van der Waals surface area contributed by atoms with Crippen molar-refractivity contribution >= 4 is 9.84 Å². The Hall–Kier alpha value is -1.65. The summed E-state index contributed by atoms with van der Waals surface area (Å²) in [6, 6.07) is 13.3. The predicted molar refractivity (Wildman–Crippen MR) is 86.4 cm³/mol. The van der Waals surface area contributed by atoms with E-state index < -0.39 is 9.84 Å². The third-order valence-corrected chi connectivity index (χ3v) is 4.98. The van der Waals surface area contributed by atoms with E-state index in [0.717, 1.165) is 5.56 Å². The van der Waals surface area contributed by atoms with Crippen molar-refractivity contribution in [2.24, 2.45) is 0 Å². The van der Waals surface area contributed by atoms with Gasteiger partial charge in [0.1, 0.15) is 0 Å². The zero-order chi connectivity index (χ0) is 15.6. The average Bonchev–Trinajstić information content (AvgIpc) is 2.44. The van der Waals surface area contributed by atoms with Gasteiger partial charge >= 0.3 is 0 Å². The monoisotopic (exact) mass is 303 g/mol. The first-order valence-electron chi connectivity index (χ1n) is 6.88. The standard InChI is InChI=1S/C17H21NO2S/c1-12-7-5-10-16(13(12)2)17(18-3)14-8-6-9-15(11-14)21(4,19)20/h5-11,17-18H,1-4H3. The lowest BCUT2D eigenvalue weighted by Crippen LogP contribution is -2.19. The van der Waals surface area contributed by atoms with E-state index >= 15 is 0 Å². The molecule has 0 radical (unpaired) electrons. The largest absolute Gasteiger partial charge is 0.309 e. The molecule has 21 heavy (non-hydrogen) atoms. The molecule has 112 valence electrons. The molecule has 4 heteroatoms. The van der Waals surface area contributed by atoms with Gasteiger partial charge in [0.2, 0.25) is 0 Å². The van der Waals surface area contributed by atoms with Gasteiger partial charge in [-0.3, -0.25) is 0 Å². The topological polar surface area (TPSA) is 46.2 Å². The molecule has 0 heterocycles. The molecular weight excluding hydrogens is 282 g/mol. The molecule has 2 aromatic carbocycles. The molecule has 0 fully saturated rings. The van der Waals surface area contributed by atoms with Crippen LogP contribution in [-0.4, -0.2) is 21.7 Å². The van der Waals surface area contributed by atoms with Crippen LogP contribution in [0.5, 0.6) is 0 Å². The van der Waals surface area contributed by atoms with Crippen molar-refractivity contribution in [3.63, 3.8) is 0 Å². The highest BCUT2D eigenvalue weighted by Crippen LogP contribution is 2.27. The van der Waals surface area contributed by atoms with Gasteiger partial charge in [-0.05, 0) is 55.3 Å². The molecule has 0 saturated heterocycles. The van der Waals surface area contributed by atoms with Gasteiger partial charge in [-0.1, -0.05) is 30.3 Å². The number of aryl methyl sites for hydroxylation is 1. The maximum absolute atomic E-state index is 11.7. The van der Waals surface area contributed by atoms with Crippen LogP contribution < -0.4 is 5.32 Å². The first kappa shape index (κ1) is 15.7. The van der Waals surface area contributed by atoms with Gasteiger partial charge in [0.05, 0.1) is 10.9 Å². The lowest BCUT2D eigenvalue weighted by Gasteiger charge is -2.21. The highest BCUT2D eigenvalue weighted by atomic mass is 32.2. The highest BCUT2D eigenvalue weighted by Gasteiger charge is 2.17. The third-order valence-electron chi connectivity index (χ3n) is 3.87. The van der Waals surface area contributed by atoms with E-state index in [0.29, 0.717) is 4.90 Å². The van der Waals surface area contributed by atoms with E-state index in [1.54, 1.807) is 18.2 Å². The van der Waals surface area contributed by atoms with Crippen LogP contribution in [0.4, 0.5) is 0 Å². The van der Waals surface area contributed by atoms with Gasteiger partial charge in [0, 0.05) is 6.26 Å². The minimum absolute atomic E-state index is 0.0217. The van der Waals surface area contributed by atoms with Gasteiger partial charge in [-0.25, -0.2) is 8.42 Å². The zero-order valence-corrected chi connectivity index (χ0v) is 13.7.